The Bertz CT molecular complexity index is 320. The summed E-state index contributed by atoms with van der Waals surface area (Å²) in [6, 6.07) is 0.491. The SMILES string of the molecule is CCc1nc(N(C)C(C)CCSC)sc1CO. The molecule has 0 aliphatic heterocycles. The van der Waals surface area contributed by atoms with Gasteiger partial charge < -0.3 is 10.0 Å². The number of thioether (sulfide) groups is 1. The van der Waals surface area contributed by atoms with E-state index in [0.29, 0.717) is 6.04 Å². The number of hydrogen-bond donors (Lipinski definition) is 1. The van der Waals surface area contributed by atoms with Crippen molar-refractivity contribution < 1.29 is 5.11 Å². The molecule has 1 heterocycles. The van der Waals surface area contributed by atoms with Gasteiger partial charge in [-0.25, -0.2) is 4.98 Å². The summed E-state index contributed by atoms with van der Waals surface area (Å²) in [5.74, 6) is 1.17. The van der Waals surface area contributed by atoms with E-state index in [1.807, 2.05) is 11.8 Å². The molecule has 17 heavy (non-hydrogen) atoms. The molecule has 5 heteroatoms. The number of aliphatic hydroxyl groups excluding tert-OH is 1. The molecule has 0 saturated heterocycles. The van der Waals surface area contributed by atoms with E-state index in [0.717, 1.165) is 28.5 Å². The van der Waals surface area contributed by atoms with Crippen LogP contribution >= 0.6 is 23.1 Å². The lowest BCUT2D eigenvalue weighted by Gasteiger charge is -2.23. The van der Waals surface area contributed by atoms with E-state index < -0.39 is 0 Å². The molecule has 1 aromatic heterocycles. The highest BCUT2D eigenvalue weighted by Crippen LogP contribution is 2.28. The lowest BCUT2D eigenvalue weighted by atomic mass is 10.2. The van der Waals surface area contributed by atoms with Gasteiger partial charge in [-0.3, -0.25) is 0 Å². The quantitative estimate of drug-likeness (QED) is 0.829. The normalized spacial score (nSPS) is 12.8. The summed E-state index contributed by atoms with van der Waals surface area (Å²) >= 11 is 3.49. The number of nitrogens with zero attached hydrogens (tertiary/aromatic N) is 2. The standard InChI is InChI=1S/C12H22N2OS2/c1-5-10-11(8-15)17-12(13-10)14(3)9(2)6-7-16-4/h9,15H,5-8H2,1-4H3. The Balaban J connectivity index is 2.74. The van der Waals surface area contributed by atoms with Crippen molar-refractivity contribution in [2.45, 2.75) is 39.3 Å². The first-order chi connectivity index (χ1) is 8.13. The molecule has 1 unspecified atom stereocenters. The zero-order valence-corrected chi connectivity index (χ0v) is 12.7. The minimum atomic E-state index is 0.105. The van der Waals surface area contributed by atoms with Crippen LogP contribution in [0.2, 0.25) is 0 Å². The Kier molecular flexibility index (Phi) is 6.30. The molecule has 0 radical (unpaired) electrons. The monoisotopic (exact) mass is 274 g/mol. The maximum Gasteiger partial charge on any atom is 0.185 e. The summed E-state index contributed by atoms with van der Waals surface area (Å²) in [5, 5.41) is 10.3. The number of hydrogen-bond acceptors (Lipinski definition) is 5. The fourth-order valence-corrected chi connectivity index (χ4v) is 3.24. The molecule has 1 rings (SSSR count). The van der Waals surface area contributed by atoms with Gasteiger partial charge in [0.15, 0.2) is 5.13 Å². The number of aryl methyl sites for hydroxylation is 1. The Morgan fingerprint density at radius 1 is 1.53 bits per heavy atom. The Labute approximate surface area is 112 Å². The lowest BCUT2D eigenvalue weighted by molar-refractivity contribution is 0.284. The second kappa shape index (κ2) is 7.24. The van der Waals surface area contributed by atoms with E-state index in [2.05, 4.69) is 37.0 Å². The van der Waals surface area contributed by atoms with E-state index in [-0.39, 0.29) is 6.61 Å². The van der Waals surface area contributed by atoms with Crippen LogP contribution in [0.5, 0.6) is 0 Å². The number of aliphatic hydroxyl groups is 1. The van der Waals surface area contributed by atoms with Gasteiger partial charge >= 0.3 is 0 Å². The van der Waals surface area contributed by atoms with Crippen molar-refractivity contribution in [2.75, 3.05) is 24.0 Å². The molecule has 98 valence electrons. The first kappa shape index (κ1) is 14.8. The largest absolute Gasteiger partial charge is 0.391 e. The fourth-order valence-electron chi connectivity index (χ4n) is 1.59. The molecule has 0 aromatic carbocycles. The van der Waals surface area contributed by atoms with E-state index in [1.165, 1.54) is 5.75 Å². The molecule has 3 nitrogen and oxygen atoms in total. The molecule has 0 aliphatic rings. The molecule has 1 aromatic rings. The maximum atomic E-state index is 9.27. The van der Waals surface area contributed by atoms with Gasteiger partial charge in [0.2, 0.25) is 0 Å². The molecule has 0 fully saturated rings. The highest BCUT2D eigenvalue weighted by molar-refractivity contribution is 7.98. The van der Waals surface area contributed by atoms with Gasteiger partial charge in [-0.1, -0.05) is 18.3 Å². The summed E-state index contributed by atoms with van der Waals surface area (Å²) in [6.45, 7) is 4.41. The van der Waals surface area contributed by atoms with Crippen LogP contribution in [0.15, 0.2) is 0 Å². The van der Waals surface area contributed by atoms with Crippen LogP contribution in [0.3, 0.4) is 0 Å². The van der Waals surface area contributed by atoms with Gasteiger partial charge in [0, 0.05) is 13.1 Å². The van der Waals surface area contributed by atoms with Crippen molar-refractivity contribution in [1.29, 1.82) is 0 Å². The van der Waals surface area contributed by atoms with Gasteiger partial charge in [-0.2, -0.15) is 11.8 Å². The van der Waals surface area contributed by atoms with Crippen LogP contribution in [0.1, 0.15) is 30.8 Å². The summed E-state index contributed by atoms with van der Waals surface area (Å²) in [6.07, 6.45) is 4.18. The van der Waals surface area contributed by atoms with Crippen LogP contribution in [-0.2, 0) is 13.0 Å². The van der Waals surface area contributed by atoms with E-state index >= 15 is 0 Å². The summed E-state index contributed by atoms with van der Waals surface area (Å²) < 4.78 is 0. The number of anilines is 1. The molecule has 0 aliphatic carbocycles. The first-order valence-electron chi connectivity index (χ1n) is 5.95. The zero-order valence-electron chi connectivity index (χ0n) is 11.1. The number of thiazole rings is 1. The van der Waals surface area contributed by atoms with Gasteiger partial charge in [-0.05, 0) is 31.8 Å². The molecule has 0 amide bonds. The third-order valence-electron chi connectivity index (χ3n) is 2.95. The molecule has 0 spiro atoms. The topological polar surface area (TPSA) is 36.4 Å². The van der Waals surface area contributed by atoms with Crippen molar-refractivity contribution >= 4 is 28.2 Å². The van der Waals surface area contributed by atoms with E-state index in [4.69, 9.17) is 0 Å². The average molecular weight is 274 g/mol. The molecule has 1 N–H and O–H groups in total. The first-order valence-corrected chi connectivity index (χ1v) is 8.16. The number of aromatic nitrogens is 1. The molecule has 0 bridgehead atoms. The maximum absolute atomic E-state index is 9.27. The van der Waals surface area contributed by atoms with Crippen molar-refractivity contribution in [3.05, 3.63) is 10.6 Å². The predicted octanol–water partition coefficient (Wildman–Crippen LogP) is 2.78. The highest BCUT2D eigenvalue weighted by atomic mass is 32.2. The molecular formula is C12H22N2OS2. The third-order valence-corrected chi connectivity index (χ3v) is 4.77. The van der Waals surface area contributed by atoms with Crippen molar-refractivity contribution in [2.24, 2.45) is 0 Å². The van der Waals surface area contributed by atoms with Crippen LogP contribution in [0.4, 0.5) is 5.13 Å². The zero-order chi connectivity index (χ0) is 12.8. The summed E-state index contributed by atoms with van der Waals surface area (Å²) in [5.41, 5.74) is 1.04. The average Bonchev–Trinajstić information content (AvgIpc) is 2.77. The number of rotatable bonds is 7. The Morgan fingerprint density at radius 3 is 2.71 bits per heavy atom. The molecule has 1 atom stereocenters. The molecule has 0 saturated carbocycles. The summed E-state index contributed by atoms with van der Waals surface area (Å²) in [4.78, 5) is 7.83. The Hall–Kier alpha value is -0.260. The van der Waals surface area contributed by atoms with Gasteiger partial charge in [-0.15, -0.1) is 0 Å². The van der Waals surface area contributed by atoms with Gasteiger partial charge in [0.1, 0.15) is 0 Å². The minimum absolute atomic E-state index is 0.105. The van der Waals surface area contributed by atoms with Gasteiger partial charge in [0.25, 0.3) is 0 Å². The smallest absolute Gasteiger partial charge is 0.185 e. The third kappa shape index (κ3) is 3.86. The van der Waals surface area contributed by atoms with Crippen LogP contribution in [0, 0.1) is 0 Å². The second-order valence-corrected chi connectivity index (χ2v) is 6.17. The lowest BCUT2D eigenvalue weighted by Crippen LogP contribution is -2.29. The molecular weight excluding hydrogens is 252 g/mol. The van der Waals surface area contributed by atoms with Gasteiger partial charge in [0.05, 0.1) is 17.2 Å². The highest BCUT2D eigenvalue weighted by Gasteiger charge is 2.16. The summed E-state index contributed by atoms with van der Waals surface area (Å²) in [7, 11) is 2.09. The van der Waals surface area contributed by atoms with Crippen LogP contribution in [0.25, 0.3) is 0 Å². The van der Waals surface area contributed by atoms with Crippen LogP contribution in [-0.4, -0.2) is 35.2 Å². The van der Waals surface area contributed by atoms with Crippen molar-refractivity contribution in [3.63, 3.8) is 0 Å². The van der Waals surface area contributed by atoms with Crippen molar-refractivity contribution in [3.8, 4) is 0 Å². The van der Waals surface area contributed by atoms with E-state index in [9.17, 15) is 5.11 Å². The predicted molar refractivity (Wildman–Crippen MR) is 78.3 cm³/mol. The second-order valence-electron chi connectivity index (χ2n) is 4.12. The Morgan fingerprint density at radius 2 is 2.24 bits per heavy atom. The van der Waals surface area contributed by atoms with Crippen LogP contribution < -0.4 is 4.90 Å². The minimum Gasteiger partial charge on any atom is -0.391 e. The van der Waals surface area contributed by atoms with Crippen molar-refractivity contribution in [1.82, 2.24) is 4.98 Å². The van der Waals surface area contributed by atoms with E-state index in [1.54, 1.807) is 11.3 Å². The fraction of sp³-hybridized carbons (Fsp3) is 0.750.